The average molecular weight is 232 g/mol. The normalized spacial score (nSPS) is 24.3. The van der Waals surface area contributed by atoms with E-state index in [0.29, 0.717) is 18.0 Å². The SMILES string of the molecule is Cc1ccc(C(C)C)cc1NC1CCCC1N. The molecule has 0 radical (unpaired) electrons. The molecule has 17 heavy (non-hydrogen) atoms. The molecule has 2 heteroatoms. The van der Waals surface area contributed by atoms with Crippen LogP contribution in [0.5, 0.6) is 0 Å². The van der Waals surface area contributed by atoms with Gasteiger partial charge in [0.15, 0.2) is 0 Å². The molecule has 1 aliphatic rings. The van der Waals surface area contributed by atoms with Crippen molar-refractivity contribution in [3.63, 3.8) is 0 Å². The molecule has 0 bridgehead atoms. The summed E-state index contributed by atoms with van der Waals surface area (Å²) in [4.78, 5) is 0. The lowest BCUT2D eigenvalue weighted by atomic mass is 10.00. The number of hydrogen-bond donors (Lipinski definition) is 2. The molecule has 94 valence electrons. The van der Waals surface area contributed by atoms with Gasteiger partial charge < -0.3 is 11.1 Å². The topological polar surface area (TPSA) is 38.0 Å². The first-order valence-electron chi connectivity index (χ1n) is 6.70. The molecule has 1 fully saturated rings. The van der Waals surface area contributed by atoms with E-state index in [0.717, 1.165) is 6.42 Å². The summed E-state index contributed by atoms with van der Waals surface area (Å²) >= 11 is 0. The van der Waals surface area contributed by atoms with Crippen molar-refractivity contribution in [2.24, 2.45) is 5.73 Å². The van der Waals surface area contributed by atoms with E-state index in [4.69, 9.17) is 5.73 Å². The maximum atomic E-state index is 6.11. The Hall–Kier alpha value is -1.02. The second kappa shape index (κ2) is 5.09. The minimum Gasteiger partial charge on any atom is -0.381 e. The van der Waals surface area contributed by atoms with Crippen LogP contribution in [0.1, 0.15) is 50.2 Å². The summed E-state index contributed by atoms with van der Waals surface area (Å²) in [6.45, 7) is 6.62. The van der Waals surface area contributed by atoms with Gasteiger partial charge in [-0.1, -0.05) is 26.0 Å². The highest BCUT2D eigenvalue weighted by Crippen LogP contribution is 2.26. The molecule has 2 unspecified atom stereocenters. The number of nitrogens with two attached hydrogens (primary N) is 1. The van der Waals surface area contributed by atoms with Crippen molar-refractivity contribution < 1.29 is 0 Å². The van der Waals surface area contributed by atoms with Gasteiger partial charge in [-0.05, 0) is 49.3 Å². The van der Waals surface area contributed by atoms with Gasteiger partial charge in [0.1, 0.15) is 0 Å². The largest absolute Gasteiger partial charge is 0.381 e. The zero-order valence-corrected chi connectivity index (χ0v) is 11.2. The van der Waals surface area contributed by atoms with Gasteiger partial charge in [0.25, 0.3) is 0 Å². The second-order valence-corrected chi connectivity index (χ2v) is 5.57. The van der Waals surface area contributed by atoms with Gasteiger partial charge in [0, 0.05) is 17.8 Å². The van der Waals surface area contributed by atoms with Crippen LogP contribution in [0.2, 0.25) is 0 Å². The van der Waals surface area contributed by atoms with Gasteiger partial charge in [-0.3, -0.25) is 0 Å². The molecule has 0 aliphatic heterocycles. The molecule has 2 nitrogen and oxygen atoms in total. The van der Waals surface area contributed by atoms with Gasteiger partial charge in [0.2, 0.25) is 0 Å². The fourth-order valence-electron chi connectivity index (χ4n) is 2.52. The van der Waals surface area contributed by atoms with Crippen molar-refractivity contribution in [1.82, 2.24) is 0 Å². The first kappa shape index (κ1) is 12.4. The first-order chi connectivity index (χ1) is 8.08. The minimum absolute atomic E-state index is 0.317. The Balaban J connectivity index is 2.16. The number of nitrogens with one attached hydrogen (secondary N) is 1. The Morgan fingerprint density at radius 2 is 2.06 bits per heavy atom. The van der Waals surface area contributed by atoms with Crippen LogP contribution in [0.3, 0.4) is 0 Å². The first-order valence-corrected chi connectivity index (χ1v) is 6.70. The predicted octanol–water partition coefficient (Wildman–Crippen LogP) is 3.41. The van der Waals surface area contributed by atoms with E-state index < -0.39 is 0 Å². The van der Waals surface area contributed by atoms with Crippen LogP contribution in [-0.2, 0) is 0 Å². The van der Waals surface area contributed by atoms with E-state index in [1.807, 2.05) is 0 Å². The van der Waals surface area contributed by atoms with E-state index in [9.17, 15) is 0 Å². The van der Waals surface area contributed by atoms with Gasteiger partial charge in [-0.25, -0.2) is 0 Å². The summed E-state index contributed by atoms with van der Waals surface area (Å²) in [6.07, 6.45) is 3.61. The third-order valence-electron chi connectivity index (χ3n) is 3.84. The molecule has 1 aliphatic carbocycles. The van der Waals surface area contributed by atoms with Crippen molar-refractivity contribution in [3.8, 4) is 0 Å². The maximum Gasteiger partial charge on any atom is 0.0412 e. The molecule has 1 aromatic carbocycles. The number of anilines is 1. The third-order valence-corrected chi connectivity index (χ3v) is 3.84. The molecule has 2 rings (SSSR count). The fraction of sp³-hybridized carbons (Fsp3) is 0.600. The van der Waals surface area contributed by atoms with Crippen LogP contribution in [0.25, 0.3) is 0 Å². The van der Waals surface area contributed by atoms with E-state index in [1.165, 1.54) is 29.7 Å². The van der Waals surface area contributed by atoms with E-state index >= 15 is 0 Å². The summed E-state index contributed by atoms with van der Waals surface area (Å²) in [5.41, 5.74) is 10.1. The lowest BCUT2D eigenvalue weighted by Crippen LogP contribution is -2.35. The Labute approximate surface area is 105 Å². The van der Waals surface area contributed by atoms with Crippen molar-refractivity contribution in [2.75, 3.05) is 5.32 Å². The van der Waals surface area contributed by atoms with Crippen molar-refractivity contribution in [3.05, 3.63) is 29.3 Å². The number of benzene rings is 1. The van der Waals surface area contributed by atoms with Gasteiger partial charge >= 0.3 is 0 Å². The third kappa shape index (κ3) is 2.81. The molecule has 0 heterocycles. The van der Waals surface area contributed by atoms with E-state index in [1.54, 1.807) is 0 Å². The fourth-order valence-corrected chi connectivity index (χ4v) is 2.52. The molecule has 0 saturated heterocycles. The molecule has 1 saturated carbocycles. The molecular formula is C15H24N2. The summed E-state index contributed by atoms with van der Waals surface area (Å²) in [5.74, 6) is 0.577. The molecule has 0 aromatic heterocycles. The van der Waals surface area contributed by atoms with Crippen LogP contribution in [0.4, 0.5) is 5.69 Å². The highest BCUT2D eigenvalue weighted by molar-refractivity contribution is 5.54. The molecule has 0 amide bonds. The monoisotopic (exact) mass is 232 g/mol. The second-order valence-electron chi connectivity index (χ2n) is 5.57. The smallest absolute Gasteiger partial charge is 0.0412 e. The van der Waals surface area contributed by atoms with E-state index in [2.05, 4.69) is 44.3 Å². The van der Waals surface area contributed by atoms with Crippen molar-refractivity contribution in [2.45, 2.75) is 58.0 Å². The average Bonchev–Trinajstić information content (AvgIpc) is 2.67. The Morgan fingerprint density at radius 3 is 2.65 bits per heavy atom. The highest BCUT2D eigenvalue weighted by atomic mass is 15.0. The summed E-state index contributed by atoms with van der Waals surface area (Å²) in [6, 6.07) is 7.48. The van der Waals surface area contributed by atoms with Crippen LogP contribution in [0, 0.1) is 6.92 Å². The lowest BCUT2D eigenvalue weighted by molar-refractivity contribution is 0.637. The highest BCUT2D eigenvalue weighted by Gasteiger charge is 2.23. The van der Waals surface area contributed by atoms with Crippen LogP contribution in [-0.4, -0.2) is 12.1 Å². The standard InChI is InChI=1S/C15H24N2/c1-10(2)12-8-7-11(3)15(9-12)17-14-6-4-5-13(14)16/h7-10,13-14,17H,4-6,16H2,1-3H3. The molecule has 2 atom stereocenters. The van der Waals surface area contributed by atoms with Crippen LogP contribution in [0.15, 0.2) is 18.2 Å². The number of rotatable bonds is 3. The maximum absolute atomic E-state index is 6.11. The zero-order chi connectivity index (χ0) is 12.4. The Kier molecular flexibility index (Phi) is 3.72. The zero-order valence-electron chi connectivity index (χ0n) is 11.2. The van der Waals surface area contributed by atoms with E-state index in [-0.39, 0.29) is 0 Å². The van der Waals surface area contributed by atoms with Gasteiger partial charge in [0.05, 0.1) is 0 Å². The summed E-state index contributed by atoms with van der Waals surface area (Å²) in [7, 11) is 0. The van der Waals surface area contributed by atoms with Crippen LogP contribution >= 0.6 is 0 Å². The van der Waals surface area contributed by atoms with Crippen LogP contribution < -0.4 is 11.1 Å². The summed E-state index contributed by atoms with van der Waals surface area (Å²) < 4.78 is 0. The predicted molar refractivity (Wildman–Crippen MR) is 74.5 cm³/mol. The lowest BCUT2D eigenvalue weighted by Gasteiger charge is -2.21. The quantitative estimate of drug-likeness (QED) is 0.838. The number of aryl methyl sites for hydroxylation is 1. The molecule has 3 N–H and O–H groups in total. The minimum atomic E-state index is 0.317. The molecular weight excluding hydrogens is 208 g/mol. The van der Waals surface area contributed by atoms with Crippen molar-refractivity contribution >= 4 is 5.69 Å². The Morgan fingerprint density at radius 1 is 1.29 bits per heavy atom. The molecule has 0 spiro atoms. The Bertz CT molecular complexity index is 385. The summed E-state index contributed by atoms with van der Waals surface area (Å²) in [5, 5.41) is 3.63. The number of hydrogen-bond acceptors (Lipinski definition) is 2. The van der Waals surface area contributed by atoms with Gasteiger partial charge in [-0.2, -0.15) is 0 Å². The van der Waals surface area contributed by atoms with Crippen molar-refractivity contribution in [1.29, 1.82) is 0 Å². The van der Waals surface area contributed by atoms with Gasteiger partial charge in [-0.15, -0.1) is 0 Å². The molecule has 1 aromatic rings.